The van der Waals surface area contributed by atoms with Gasteiger partial charge in [0.1, 0.15) is 11.5 Å². The number of benzene rings is 4. The predicted molar refractivity (Wildman–Crippen MR) is 111 cm³/mol. The predicted octanol–water partition coefficient (Wildman–Crippen LogP) is 5.38. The van der Waals surface area contributed by atoms with Crippen molar-refractivity contribution in [3.05, 3.63) is 130 Å². The molecule has 2 heteroatoms. The Morgan fingerprint density at radius 1 is 0.500 bits per heavy atom. The summed E-state index contributed by atoms with van der Waals surface area (Å²) in [6.45, 7) is 0. The van der Waals surface area contributed by atoms with Gasteiger partial charge in [0.05, 0.1) is 5.41 Å². The molecule has 2 N–H and O–H groups in total. The zero-order chi connectivity index (χ0) is 19.1. The van der Waals surface area contributed by atoms with Gasteiger partial charge < -0.3 is 10.2 Å². The summed E-state index contributed by atoms with van der Waals surface area (Å²) < 4.78 is 0. The molecule has 0 amide bonds. The Bertz CT molecular complexity index is 1050. The van der Waals surface area contributed by atoms with Gasteiger partial charge in [0.25, 0.3) is 0 Å². The minimum atomic E-state index is -0.507. The lowest BCUT2D eigenvalue weighted by molar-refractivity contribution is 0.474. The number of phenols is 2. The molecule has 0 aliphatic heterocycles. The molecule has 136 valence electrons. The molecule has 28 heavy (non-hydrogen) atoms. The molecule has 1 aliphatic carbocycles. The molecule has 5 rings (SSSR count). The molecular formula is C26H20O2. The third-order valence-electron chi connectivity index (χ3n) is 5.82. The molecule has 0 bridgehead atoms. The van der Waals surface area contributed by atoms with E-state index in [1.54, 1.807) is 24.3 Å². The first kappa shape index (κ1) is 16.6. The molecule has 0 fully saturated rings. The summed E-state index contributed by atoms with van der Waals surface area (Å²) in [5, 5.41) is 19.8. The third-order valence-corrected chi connectivity index (χ3v) is 5.82. The van der Waals surface area contributed by atoms with E-state index in [1.165, 1.54) is 22.3 Å². The highest BCUT2D eigenvalue weighted by molar-refractivity contribution is 5.67. The van der Waals surface area contributed by atoms with Gasteiger partial charge >= 0.3 is 0 Å². The molecule has 0 radical (unpaired) electrons. The number of rotatable bonds is 2. The van der Waals surface area contributed by atoms with Crippen LogP contribution in [0.4, 0.5) is 0 Å². The second kappa shape index (κ2) is 6.28. The van der Waals surface area contributed by atoms with Crippen molar-refractivity contribution >= 4 is 0 Å². The van der Waals surface area contributed by atoms with Crippen LogP contribution in [-0.4, -0.2) is 10.2 Å². The van der Waals surface area contributed by atoms with Crippen LogP contribution < -0.4 is 0 Å². The summed E-state index contributed by atoms with van der Waals surface area (Å²) in [4.78, 5) is 0. The molecule has 0 heterocycles. The average molecular weight is 364 g/mol. The Hall–Kier alpha value is -3.52. The lowest BCUT2D eigenvalue weighted by Crippen LogP contribution is -2.36. The molecule has 0 saturated carbocycles. The summed E-state index contributed by atoms with van der Waals surface area (Å²) in [6.07, 6.45) is 0.893. The minimum absolute atomic E-state index is 0.252. The summed E-state index contributed by atoms with van der Waals surface area (Å²) in [5.41, 5.74) is 6.75. The van der Waals surface area contributed by atoms with Gasteiger partial charge in [-0.1, -0.05) is 72.8 Å². The maximum Gasteiger partial charge on any atom is 0.115 e. The maximum absolute atomic E-state index is 9.90. The second-order valence-corrected chi connectivity index (χ2v) is 7.33. The standard InChI is InChI=1S/C26H20O2/c27-22-13-9-20(10-14-22)26(21-11-15-23(28)16-12-21)24-7-3-1-5-18(24)17-19-6-2-4-8-25(19)26/h1-16,27-28H,17H2. The topological polar surface area (TPSA) is 40.5 Å². The quantitative estimate of drug-likeness (QED) is 0.441. The van der Waals surface area contributed by atoms with Crippen LogP contribution in [0.25, 0.3) is 0 Å². The number of hydrogen-bond acceptors (Lipinski definition) is 2. The van der Waals surface area contributed by atoms with E-state index in [2.05, 4.69) is 48.5 Å². The third kappa shape index (κ3) is 2.35. The molecule has 1 aliphatic rings. The zero-order valence-electron chi connectivity index (χ0n) is 15.3. The highest BCUT2D eigenvalue weighted by Gasteiger charge is 2.43. The van der Waals surface area contributed by atoms with Crippen molar-refractivity contribution in [2.75, 3.05) is 0 Å². The smallest absolute Gasteiger partial charge is 0.115 e. The van der Waals surface area contributed by atoms with Crippen molar-refractivity contribution in [2.45, 2.75) is 11.8 Å². The highest BCUT2D eigenvalue weighted by atomic mass is 16.3. The van der Waals surface area contributed by atoms with Crippen LogP contribution in [0.15, 0.2) is 97.1 Å². The second-order valence-electron chi connectivity index (χ2n) is 7.33. The molecule has 4 aromatic rings. The Morgan fingerprint density at radius 2 is 0.893 bits per heavy atom. The fraction of sp³-hybridized carbons (Fsp3) is 0.0769. The summed E-state index contributed by atoms with van der Waals surface area (Å²) >= 11 is 0. The first-order valence-electron chi connectivity index (χ1n) is 9.45. The van der Waals surface area contributed by atoms with Crippen molar-refractivity contribution in [2.24, 2.45) is 0 Å². The van der Waals surface area contributed by atoms with E-state index in [4.69, 9.17) is 0 Å². The van der Waals surface area contributed by atoms with Gasteiger partial charge in [0.15, 0.2) is 0 Å². The number of phenolic OH excluding ortho intramolecular Hbond substituents is 2. The molecule has 0 spiro atoms. The minimum Gasteiger partial charge on any atom is -0.508 e. The van der Waals surface area contributed by atoms with Crippen molar-refractivity contribution in [3.8, 4) is 11.5 Å². The van der Waals surface area contributed by atoms with Gasteiger partial charge in [-0.3, -0.25) is 0 Å². The van der Waals surface area contributed by atoms with Crippen molar-refractivity contribution in [3.63, 3.8) is 0 Å². The first-order valence-corrected chi connectivity index (χ1v) is 9.45. The summed E-state index contributed by atoms with van der Waals surface area (Å²) in [7, 11) is 0. The Kier molecular flexibility index (Phi) is 3.73. The van der Waals surface area contributed by atoms with Crippen molar-refractivity contribution < 1.29 is 10.2 Å². The molecule has 0 atom stereocenters. The van der Waals surface area contributed by atoms with Crippen LogP contribution in [0.5, 0.6) is 11.5 Å². The molecule has 2 nitrogen and oxygen atoms in total. The van der Waals surface area contributed by atoms with Crippen molar-refractivity contribution in [1.29, 1.82) is 0 Å². The van der Waals surface area contributed by atoms with Crippen LogP contribution in [0.2, 0.25) is 0 Å². The van der Waals surface area contributed by atoms with Gasteiger partial charge in [-0.05, 0) is 64.1 Å². The van der Waals surface area contributed by atoms with Crippen LogP contribution in [0.1, 0.15) is 33.4 Å². The number of hydrogen-bond donors (Lipinski definition) is 2. The highest BCUT2D eigenvalue weighted by Crippen LogP contribution is 2.51. The fourth-order valence-corrected chi connectivity index (χ4v) is 4.64. The van der Waals surface area contributed by atoms with Gasteiger partial charge in [-0.2, -0.15) is 0 Å². The van der Waals surface area contributed by atoms with Crippen LogP contribution in [0.3, 0.4) is 0 Å². The summed E-state index contributed by atoms with van der Waals surface area (Å²) in [6, 6.07) is 32.1. The molecule has 0 saturated heterocycles. The van der Waals surface area contributed by atoms with E-state index >= 15 is 0 Å². The fourth-order valence-electron chi connectivity index (χ4n) is 4.64. The lowest BCUT2D eigenvalue weighted by Gasteiger charge is -2.42. The van der Waals surface area contributed by atoms with E-state index in [1.807, 2.05) is 24.3 Å². The van der Waals surface area contributed by atoms with E-state index < -0.39 is 5.41 Å². The van der Waals surface area contributed by atoms with E-state index in [0.29, 0.717) is 0 Å². The number of aromatic hydroxyl groups is 2. The van der Waals surface area contributed by atoms with E-state index in [0.717, 1.165) is 17.5 Å². The van der Waals surface area contributed by atoms with Crippen LogP contribution in [-0.2, 0) is 11.8 Å². The Balaban J connectivity index is 1.94. The maximum atomic E-state index is 9.90. The van der Waals surface area contributed by atoms with Crippen LogP contribution >= 0.6 is 0 Å². The molecule has 4 aromatic carbocycles. The van der Waals surface area contributed by atoms with Gasteiger partial charge in [-0.25, -0.2) is 0 Å². The SMILES string of the molecule is Oc1ccc(C2(c3ccc(O)cc3)c3ccccc3Cc3ccccc32)cc1. The number of fused-ring (bicyclic) bond motifs is 2. The lowest BCUT2D eigenvalue weighted by atomic mass is 9.60. The normalized spacial score (nSPS) is 14.1. The molecule has 0 unspecified atom stereocenters. The monoisotopic (exact) mass is 364 g/mol. The Morgan fingerprint density at radius 3 is 1.32 bits per heavy atom. The van der Waals surface area contributed by atoms with Gasteiger partial charge in [-0.15, -0.1) is 0 Å². The average Bonchev–Trinajstić information content (AvgIpc) is 2.73. The molecular weight excluding hydrogens is 344 g/mol. The van der Waals surface area contributed by atoms with Crippen molar-refractivity contribution in [1.82, 2.24) is 0 Å². The zero-order valence-corrected chi connectivity index (χ0v) is 15.3. The van der Waals surface area contributed by atoms with E-state index in [9.17, 15) is 10.2 Å². The molecule has 0 aromatic heterocycles. The first-order chi connectivity index (χ1) is 13.7. The van der Waals surface area contributed by atoms with Crippen LogP contribution in [0, 0.1) is 0 Å². The van der Waals surface area contributed by atoms with Gasteiger partial charge in [0, 0.05) is 0 Å². The van der Waals surface area contributed by atoms with E-state index in [-0.39, 0.29) is 11.5 Å². The largest absolute Gasteiger partial charge is 0.508 e. The Labute approximate surface area is 164 Å². The summed E-state index contributed by atoms with van der Waals surface area (Å²) in [5.74, 6) is 0.504. The van der Waals surface area contributed by atoms with Gasteiger partial charge in [0.2, 0.25) is 0 Å².